The molecule has 2 heterocycles. The number of para-hydroxylation sites is 1. The minimum Gasteiger partial charge on any atom is -0.483 e. The second kappa shape index (κ2) is 6.46. The van der Waals surface area contributed by atoms with Gasteiger partial charge in [0.05, 0.1) is 0 Å². The number of imidazole rings is 1. The van der Waals surface area contributed by atoms with Gasteiger partial charge in [-0.2, -0.15) is 13.2 Å². The van der Waals surface area contributed by atoms with E-state index in [1.165, 1.54) is 13.1 Å². The molecule has 25 heavy (non-hydrogen) atoms. The van der Waals surface area contributed by atoms with Crippen molar-refractivity contribution in [3.05, 3.63) is 54.5 Å². The third kappa shape index (κ3) is 3.57. The predicted octanol–water partition coefficient (Wildman–Crippen LogP) is 3.30. The topological polar surface area (TPSA) is 55.6 Å². The summed E-state index contributed by atoms with van der Waals surface area (Å²) >= 11 is 0. The number of halogens is 3. The highest BCUT2D eigenvalue weighted by molar-refractivity contribution is 5.94. The van der Waals surface area contributed by atoms with E-state index in [-0.39, 0.29) is 17.4 Å². The Morgan fingerprint density at radius 3 is 2.64 bits per heavy atom. The summed E-state index contributed by atoms with van der Waals surface area (Å²) in [6, 6.07) is 9.84. The van der Waals surface area contributed by atoms with Gasteiger partial charge >= 0.3 is 6.18 Å². The summed E-state index contributed by atoms with van der Waals surface area (Å²) in [7, 11) is 1.49. The third-order valence-electron chi connectivity index (χ3n) is 3.51. The van der Waals surface area contributed by atoms with Crippen LogP contribution in [-0.4, -0.2) is 35.1 Å². The molecule has 1 N–H and O–H groups in total. The second-order valence-electron chi connectivity index (χ2n) is 5.26. The van der Waals surface area contributed by atoms with Crippen LogP contribution in [0.15, 0.2) is 48.8 Å². The van der Waals surface area contributed by atoms with E-state index in [9.17, 15) is 18.0 Å². The molecule has 3 rings (SSSR count). The predicted molar refractivity (Wildman–Crippen MR) is 85.6 cm³/mol. The van der Waals surface area contributed by atoms with Gasteiger partial charge in [-0.25, -0.2) is 4.98 Å². The summed E-state index contributed by atoms with van der Waals surface area (Å²) in [5.41, 5.74) is 1.69. The fourth-order valence-corrected chi connectivity index (χ4v) is 2.44. The summed E-state index contributed by atoms with van der Waals surface area (Å²) in [4.78, 5) is 16.1. The molecular formula is C17H14F3N3O2. The molecule has 8 heteroatoms. The summed E-state index contributed by atoms with van der Waals surface area (Å²) in [5.74, 6) is -0.256. The standard InChI is InChI=1S/C17H14F3N3O2/c1-21-16(24)13-9-23-8-4-6-12(15(23)22-13)11-5-2-3-7-14(11)25-10-17(18,19)20/h2-9H,10H2,1H3,(H,21,24). The maximum Gasteiger partial charge on any atom is 0.422 e. The lowest BCUT2D eigenvalue weighted by atomic mass is 10.1. The van der Waals surface area contributed by atoms with E-state index in [4.69, 9.17) is 4.74 Å². The number of rotatable bonds is 4. The Kier molecular flexibility index (Phi) is 4.35. The molecule has 2 aromatic heterocycles. The number of carbonyl (C=O) groups excluding carboxylic acids is 1. The average Bonchev–Trinajstić information content (AvgIpc) is 3.03. The SMILES string of the molecule is CNC(=O)c1cn2cccc(-c3ccccc3OCC(F)(F)F)c2n1. The maximum atomic E-state index is 12.5. The van der Waals surface area contributed by atoms with Crippen LogP contribution in [0.3, 0.4) is 0 Å². The summed E-state index contributed by atoms with van der Waals surface area (Å²) < 4.78 is 44.0. The first-order chi connectivity index (χ1) is 11.9. The van der Waals surface area contributed by atoms with Gasteiger partial charge in [0.2, 0.25) is 0 Å². The van der Waals surface area contributed by atoms with Crippen molar-refractivity contribution in [2.75, 3.05) is 13.7 Å². The van der Waals surface area contributed by atoms with Crippen LogP contribution in [0.1, 0.15) is 10.5 Å². The molecule has 5 nitrogen and oxygen atoms in total. The lowest BCUT2D eigenvalue weighted by molar-refractivity contribution is -0.153. The van der Waals surface area contributed by atoms with Gasteiger partial charge in [-0.05, 0) is 18.2 Å². The van der Waals surface area contributed by atoms with Crippen LogP contribution in [0, 0.1) is 0 Å². The van der Waals surface area contributed by atoms with E-state index in [2.05, 4.69) is 10.3 Å². The van der Waals surface area contributed by atoms with Gasteiger partial charge in [-0.3, -0.25) is 4.79 Å². The number of nitrogens with zero attached hydrogens (tertiary/aromatic N) is 2. The highest BCUT2D eigenvalue weighted by atomic mass is 19.4. The molecule has 0 bridgehead atoms. The minimum atomic E-state index is -4.43. The van der Waals surface area contributed by atoms with E-state index in [1.54, 1.807) is 47.1 Å². The quantitative estimate of drug-likeness (QED) is 0.786. The van der Waals surface area contributed by atoms with Crippen molar-refractivity contribution in [3.8, 4) is 16.9 Å². The number of ether oxygens (including phenoxy) is 1. The first kappa shape index (κ1) is 16.8. The molecule has 3 aromatic rings. The number of fused-ring (bicyclic) bond motifs is 1. The Morgan fingerprint density at radius 1 is 1.20 bits per heavy atom. The number of benzene rings is 1. The molecule has 0 radical (unpaired) electrons. The molecule has 0 spiro atoms. The Balaban J connectivity index is 2.08. The van der Waals surface area contributed by atoms with E-state index >= 15 is 0 Å². The molecule has 0 aliphatic rings. The van der Waals surface area contributed by atoms with E-state index < -0.39 is 12.8 Å². The zero-order valence-corrected chi connectivity index (χ0v) is 13.2. The van der Waals surface area contributed by atoms with Crippen molar-refractivity contribution in [3.63, 3.8) is 0 Å². The summed E-state index contributed by atoms with van der Waals surface area (Å²) in [5, 5.41) is 2.49. The van der Waals surface area contributed by atoms with Crippen LogP contribution < -0.4 is 10.1 Å². The van der Waals surface area contributed by atoms with E-state index in [1.807, 2.05) is 0 Å². The molecule has 0 saturated carbocycles. The van der Waals surface area contributed by atoms with Gasteiger partial charge in [-0.1, -0.05) is 18.2 Å². The van der Waals surface area contributed by atoms with Crippen LogP contribution in [0.25, 0.3) is 16.8 Å². The molecule has 0 aliphatic heterocycles. The Labute approximate surface area is 141 Å². The fourth-order valence-electron chi connectivity index (χ4n) is 2.44. The number of hydrogen-bond acceptors (Lipinski definition) is 3. The first-order valence-electron chi connectivity index (χ1n) is 7.38. The number of pyridine rings is 1. The number of hydrogen-bond donors (Lipinski definition) is 1. The average molecular weight is 349 g/mol. The van der Waals surface area contributed by atoms with E-state index in [0.29, 0.717) is 16.8 Å². The largest absolute Gasteiger partial charge is 0.483 e. The van der Waals surface area contributed by atoms with Gasteiger partial charge in [0.1, 0.15) is 17.1 Å². The van der Waals surface area contributed by atoms with Crippen molar-refractivity contribution in [1.82, 2.24) is 14.7 Å². The van der Waals surface area contributed by atoms with Gasteiger partial charge in [-0.15, -0.1) is 0 Å². The number of alkyl halides is 3. The van der Waals surface area contributed by atoms with Gasteiger partial charge in [0.15, 0.2) is 6.61 Å². The number of aromatic nitrogens is 2. The molecule has 0 aliphatic carbocycles. The molecule has 0 atom stereocenters. The Bertz CT molecular complexity index is 919. The van der Waals surface area contributed by atoms with Crippen LogP contribution >= 0.6 is 0 Å². The number of amides is 1. The zero-order valence-electron chi connectivity index (χ0n) is 13.2. The maximum absolute atomic E-state index is 12.5. The van der Waals surface area contributed by atoms with Crippen LogP contribution in [-0.2, 0) is 0 Å². The Morgan fingerprint density at radius 2 is 1.92 bits per heavy atom. The van der Waals surface area contributed by atoms with Crippen molar-refractivity contribution < 1.29 is 22.7 Å². The first-order valence-corrected chi connectivity index (χ1v) is 7.38. The van der Waals surface area contributed by atoms with Crippen molar-refractivity contribution in [2.24, 2.45) is 0 Å². The van der Waals surface area contributed by atoms with Crippen LogP contribution in [0.4, 0.5) is 13.2 Å². The highest BCUT2D eigenvalue weighted by Gasteiger charge is 2.29. The summed E-state index contributed by atoms with van der Waals surface area (Å²) in [6.45, 7) is -1.38. The molecule has 0 fully saturated rings. The lowest BCUT2D eigenvalue weighted by Gasteiger charge is -2.13. The zero-order chi connectivity index (χ0) is 18.0. The monoisotopic (exact) mass is 349 g/mol. The van der Waals surface area contributed by atoms with E-state index in [0.717, 1.165) is 0 Å². The lowest BCUT2D eigenvalue weighted by Crippen LogP contribution is -2.19. The van der Waals surface area contributed by atoms with Crippen molar-refractivity contribution in [2.45, 2.75) is 6.18 Å². The molecular weight excluding hydrogens is 335 g/mol. The molecule has 1 amide bonds. The highest BCUT2D eigenvalue weighted by Crippen LogP contribution is 2.33. The summed E-state index contributed by atoms with van der Waals surface area (Å²) in [6.07, 6.45) is -1.17. The Hall–Kier alpha value is -3.03. The minimum absolute atomic E-state index is 0.0948. The van der Waals surface area contributed by atoms with Crippen molar-refractivity contribution in [1.29, 1.82) is 0 Å². The van der Waals surface area contributed by atoms with Gasteiger partial charge in [0.25, 0.3) is 5.91 Å². The second-order valence-corrected chi connectivity index (χ2v) is 5.26. The smallest absolute Gasteiger partial charge is 0.422 e. The molecule has 1 aromatic carbocycles. The molecule has 0 unspecified atom stereocenters. The van der Waals surface area contributed by atoms with Gasteiger partial charge in [0, 0.05) is 30.6 Å². The van der Waals surface area contributed by atoms with Crippen molar-refractivity contribution >= 4 is 11.6 Å². The normalized spacial score (nSPS) is 11.5. The third-order valence-corrected chi connectivity index (χ3v) is 3.51. The fraction of sp³-hybridized carbons (Fsp3) is 0.176. The molecule has 0 saturated heterocycles. The number of carbonyl (C=O) groups is 1. The molecule has 130 valence electrons. The van der Waals surface area contributed by atoms with Gasteiger partial charge < -0.3 is 14.5 Å². The van der Waals surface area contributed by atoms with Crippen LogP contribution in [0.5, 0.6) is 5.75 Å². The van der Waals surface area contributed by atoms with Crippen LogP contribution in [0.2, 0.25) is 0 Å². The number of nitrogens with one attached hydrogen (secondary N) is 1.